The number of nitrogens with one attached hydrogen (secondary N) is 1. The van der Waals surface area contributed by atoms with Gasteiger partial charge in [-0.25, -0.2) is 4.79 Å². The van der Waals surface area contributed by atoms with Crippen molar-refractivity contribution in [2.24, 2.45) is 7.05 Å². The number of H-pyrrole nitrogens is 1. The highest BCUT2D eigenvalue weighted by molar-refractivity contribution is 5.93. The maximum atomic E-state index is 12.2. The van der Waals surface area contributed by atoms with Crippen molar-refractivity contribution in [1.82, 2.24) is 14.5 Å². The van der Waals surface area contributed by atoms with E-state index in [9.17, 15) is 14.4 Å². The Hall–Kier alpha value is -1.85. The summed E-state index contributed by atoms with van der Waals surface area (Å²) in [5, 5.41) is 0. The third kappa shape index (κ3) is 2.37. The van der Waals surface area contributed by atoms with Crippen LogP contribution in [0.25, 0.3) is 0 Å². The predicted molar refractivity (Wildman–Crippen MR) is 66.7 cm³/mol. The fraction of sp³-hybridized carbons (Fsp3) is 0.583. The van der Waals surface area contributed by atoms with Gasteiger partial charge in [0.25, 0.3) is 11.5 Å². The number of rotatable bonds is 1. The van der Waals surface area contributed by atoms with E-state index in [1.807, 2.05) is 0 Å². The van der Waals surface area contributed by atoms with Crippen molar-refractivity contribution in [1.29, 1.82) is 0 Å². The van der Waals surface area contributed by atoms with Gasteiger partial charge in [0, 0.05) is 26.3 Å². The molecule has 1 saturated heterocycles. The Morgan fingerprint density at radius 3 is 2.39 bits per heavy atom. The minimum atomic E-state index is -0.534. The van der Waals surface area contributed by atoms with Crippen LogP contribution in [0.4, 0.5) is 0 Å². The molecule has 6 nitrogen and oxygen atoms in total. The Bertz CT molecular complexity index is 550. The molecule has 0 atom stereocenters. The maximum Gasteiger partial charge on any atom is 0.328 e. The van der Waals surface area contributed by atoms with E-state index in [0.29, 0.717) is 13.1 Å². The number of hydrogen-bond acceptors (Lipinski definition) is 3. The van der Waals surface area contributed by atoms with Gasteiger partial charge in [0.2, 0.25) is 0 Å². The topological polar surface area (TPSA) is 75.2 Å². The number of carbonyl (C=O) groups excluding carboxylic acids is 1. The van der Waals surface area contributed by atoms with Crippen LogP contribution in [0, 0.1) is 0 Å². The molecule has 2 rings (SSSR count). The van der Waals surface area contributed by atoms with Crippen LogP contribution >= 0.6 is 0 Å². The molecule has 1 aromatic heterocycles. The summed E-state index contributed by atoms with van der Waals surface area (Å²) in [6.45, 7) is 1.36. The Labute approximate surface area is 104 Å². The number of aromatic nitrogens is 2. The minimum Gasteiger partial charge on any atom is -0.338 e. The summed E-state index contributed by atoms with van der Waals surface area (Å²) in [6, 6.07) is 0. The van der Waals surface area contributed by atoms with Gasteiger partial charge in [-0.1, -0.05) is 12.8 Å². The molecule has 6 heteroatoms. The molecular formula is C12H17N3O3. The number of likely N-dealkylation sites (tertiary alicyclic amines) is 1. The number of amides is 1. The lowest BCUT2D eigenvalue weighted by atomic mass is 10.2. The van der Waals surface area contributed by atoms with Gasteiger partial charge < -0.3 is 9.88 Å². The van der Waals surface area contributed by atoms with E-state index < -0.39 is 11.2 Å². The second kappa shape index (κ2) is 5.20. The Morgan fingerprint density at radius 2 is 1.78 bits per heavy atom. The summed E-state index contributed by atoms with van der Waals surface area (Å²) in [5.41, 5.74) is -1.00. The van der Waals surface area contributed by atoms with Crippen LogP contribution < -0.4 is 11.2 Å². The SMILES string of the molecule is Cn1c(=O)[nH]cc(C(=O)N2CCCCCC2)c1=O. The van der Waals surface area contributed by atoms with Gasteiger partial charge in [-0.15, -0.1) is 0 Å². The van der Waals surface area contributed by atoms with E-state index in [1.54, 1.807) is 4.90 Å². The maximum absolute atomic E-state index is 12.2. The molecule has 1 amide bonds. The molecule has 0 spiro atoms. The third-order valence-corrected chi connectivity index (χ3v) is 3.30. The second-order valence-corrected chi connectivity index (χ2v) is 4.58. The number of hydrogen-bond donors (Lipinski definition) is 1. The standard InChI is InChI=1S/C12H17N3O3/c1-14-10(16)9(8-13-12(14)18)11(17)15-6-4-2-3-5-7-15/h8H,2-7H2,1H3,(H,13,18). The van der Waals surface area contributed by atoms with E-state index in [-0.39, 0.29) is 11.5 Å². The number of nitrogens with zero attached hydrogens (tertiary/aromatic N) is 2. The van der Waals surface area contributed by atoms with Crippen molar-refractivity contribution >= 4 is 5.91 Å². The van der Waals surface area contributed by atoms with Crippen molar-refractivity contribution in [3.8, 4) is 0 Å². The van der Waals surface area contributed by atoms with Crippen LogP contribution in [0.3, 0.4) is 0 Å². The molecule has 18 heavy (non-hydrogen) atoms. The van der Waals surface area contributed by atoms with Gasteiger partial charge in [0.15, 0.2) is 0 Å². The normalized spacial score (nSPS) is 16.4. The summed E-state index contributed by atoms with van der Waals surface area (Å²) in [7, 11) is 1.36. The van der Waals surface area contributed by atoms with Gasteiger partial charge in [0.1, 0.15) is 5.56 Å². The van der Waals surface area contributed by atoms with Crippen LogP contribution in [0.15, 0.2) is 15.8 Å². The first-order chi connectivity index (χ1) is 8.61. The van der Waals surface area contributed by atoms with E-state index in [1.165, 1.54) is 13.2 Å². The molecule has 1 fully saturated rings. The molecule has 0 radical (unpaired) electrons. The lowest BCUT2D eigenvalue weighted by Crippen LogP contribution is -2.41. The highest BCUT2D eigenvalue weighted by Crippen LogP contribution is 2.11. The van der Waals surface area contributed by atoms with Crippen LogP contribution in [-0.4, -0.2) is 33.4 Å². The van der Waals surface area contributed by atoms with Gasteiger partial charge in [-0.2, -0.15) is 0 Å². The quantitative estimate of drug-likeness (QED) is 0.768. The lowest BCUT2D eigenvalue weighted by molar-refractivity contribution is 0.0758. The van der Waals surface area contributed by atoms with Gasteiger partial charge in [0.05, 0.1) is 0 Å². The van der Waals surface area contributed by atoms with Crippen LogP contribution in [0.5, 0.6) is 0 Å². The van der Waals surface area contributed by atoms with Gasteiger partial charge >= 0.3 is 5.69 Å². The highest BCUT2D eigenvalue weighted by atomic mass is 16.2. The van der Waals surface area contributed by atoms with Crippen LogP contribution in [0.1, 0.15) is 36.0 Å². The van der Waals surface area contributed by atoms with E-state index in [4.69, 9.17) is 0 Å². The van der Waals surface area contributed by atoms with Crippen molar-refractivity contribution in [3.63, 3.8) is 0 Å². The zero-order chi connectivity index (χ0) is 13.1. The molecule has 1 aliphatic rings. The molecule has 0 unspecified atom stereocenters. The van der Waals surface area contributed by atoms with Crippen molar-refractivity contribution in [2.45, 2.75) is 25.7 Å². The van der Waals surface area contributed by atoms with Crippen LogP contribution in [-0.2, 0) is 7.05 Å². The third-order valence-electron chi connectivity index (χ3n) is 3.30. The molecule has 0 aliphatic carbocycles. The second-order valence-electron chi connectivity index (χ2n) is 4.58. The highest BCUT2D eigenvalue weighted by Gasteiger charge is 2.20. The first-order valence-electron chi connectivity index (χ1n) is 6.19. The molecular weight excluding hydrogens is 234 g/mol. The van der Waals surface area contributed by atoms with E-state index in [2.05, 4.69) is 4.98 Å². The van der Waals surface area contributed by atoms with Crippen molar-refractivity contribution < 1.29 is 4.79 Å². The number of aromatic amines is 1. The molecule has 0 saturated carbocycles. The first-order valence-corrected chi connectivity index (χ1v) is 6.19. The predicted octanol–water partition coefficient (Wildman–Crippen LogP) is 0.0898. The zero-order valence-electron chi connectivity index (χ0n) is 10.4. The monoisotopic (exact) mass is 251 g/mol. The summed E-state index contributed by atoms with van der Waals surface area (Å²) in [5.74, 6) is -0.284. The Morgan fingerprint density at radius 1 is 1.17 bits per heavy atom. The fourth-order valence-electron chi connectivity index (χ4n) is 2.16. The molecule has 2 heterocycles. The minimum absolute atomic E-state index is 0.0407. The number of carbonyl (C=O) groups is 1. The Kier molecular flexibility index (Phi) is 3.64. The van der Waals surface area contributed by atoms with Crippen LogP contribution in [0.2, 0.25) is 0 Å². The zero-order valence-corrected chi connectivity index (χ0v) is 10.4. The van der Waals surface area contributed by atoms with Gasteiger partial charge in [-0.05, 0) is 12.8 Å². The fourth-order valence-corrected chi connectivity index (χ4v) is 2.16. The molecule has 0 bridgehead atoms. The van der Waals surface area contributed by atoms with Crippen molar-refractivity contribution in [2.75, 3.05) is 13.1 Å². The molecule has 1 N–H and O–H groups in total. The van der Waals surface area contributed by atoms with E-state index in [0.717, 1.165) is 30.3 Å². The van der Waals surface area contributed by atoms with Crippen molar-refractivity contribution in [3.05, 3.63) is 32.6 Å². The summed E-state index contributed by atoms with van der Waals surface area (Å²) < 4.78 is 0.922. The summed E-state index contributed by atoms with van der Waals surface area (Å²) in [4.78, 5) is 39.4. The largest absolute Gasteiger partial charge is 0.338 e. The molecule has 1 aliphatic heterocycles. The summed E-state index contributed by atoms with van der Waals surface area (Å²) in [6.07, 6.45) is 5.39. The molecule has 1 aromatic rings. The average Bonchev–Trinajstić information content (AvgIpc) is 2.64. The lowest BCUT2D eigenvalue weighted by Gasteiger charge is -2.19. The first kappa shape index (κ1) is 12.6. The Balaban J connectivity index is 2.31. The summed E-state index contributed by atoms with van der Waals surface area (Å²) >= 11 is 0. The molecule has 0 aromatic carbocycles. The smallest absolute Gasteiger partial charge is 0.328 e. The van der Waals surface area contributed by atoms with E-state index >= 15 is 0 Å². The molecule has 98 valence electrons. The average molecular weight is 251 g/mol. The van der Waals surface area contributed by atoms with Gasteiger partial charge in [-0.3, -0.25) is 14.2 Å².